The van der Waals surface area contributed by atoms with Crippen molar-refractivity contribution in [1.82, 2.24) is 10.9 Å². The second kappa shape index (κ2) is 6.96. The van der Waals surface area contributed by atoms with E-state index in [1.54, 1.807) is 6.07 Å². The first-order chi connectivity index (χ1) is 13.0. The molecule has 0 radical (unpaired) electrons. The van der Waals surface area contributed by atoms with Gasteiger partial charge in [-0.1, -0.05) is 30.3 Å². The summed E-state index contributed by atoms with van der Waals surface area (Å²) < 4.78 is 13.4. The van der Waals surface area contributed by atoms with Crippen LogP contribution in [0.15, 0.2) is 65.1 Å². The van der Waals surface area contributed by atoms with Crippen molar-refractivity contribution in [1.29, 1.82) is 0 Å². The number of nitrogens with one attached hydrogen (secondary N) is 2. The summed E-state index contributed by atoms with van der Waals surface area (Å²) in [5.74, 6) is -1.41. The van der Waals surface area contributed by atoms with E-state index in [9.17, 15) is 14.0 Å². The molecule has 0 bridgehead atoms. The highest BCUT2D eigenvalue weighted by Gasteiger charge is 2.19. The third-order valence-electron chi connectivity index (χ3n) is 4.52. The summed E-state index contributed by atoms with van der Waals surface area (Å²) in [5.41, 5.74) is 10.1. The van der Waals surface area contributed by atoms with Crippen molar-refractivity contribution in [3.63, 3.8) is 0 Å². The van der Waals surface area contributed by atoms with Gasteiger partial charge in [0.1, 0.15) is 5.82 Å². The molecular weight excluding hydrogens is 411 g/mol. The number of hydrogen-bond donors (Lipinski definition) is 2. The highest BCUT2D eigenvalue weighted by atomic mass is 79.9. The molecule has 1 aliphatic rings. The van der Waals surface area contributed by atoms with Crippen molar-refractivity contribution in [2.24, 2.45) is 0 Å². The van der Waals surface area contributed by atoms with Crippen molar-refractivity contribution in [3.05, 3.63) is 93.2 Å². The molecule has 2 amide bonds. The summed E-state index contributed by atoms with van der Waals surface area (Å²) in [4.78, 5) is 24.6. The summed E-state index contributed by atoms with van der Waals surface area (Å²) in [6.07, 6.45) is 0.779. The van der Waals surface area contributed by atoms with Crippen molar-refractivity contribution >= 4 is 27.7 Å². The van der Waals surface area contributed by atoms with Gasteiger partial charge in [0.25, 0.3) is 11.8 Å². The van der Waals surface area contributed by atoms with Crippen LogP contribution in [0.3, 0.4) is 0 Å². The topological polar surface area (TPSA) is 58.2 Å². The maximum Gasteiger partial charge on any atom is 0.270 e. The number of hydrazine groups is 1. The molecule has 0 unspecified atom stereocenters. The molecular formula is C21H14BrFN2O2. The minimum Gasteiger partial charge on any atom is -0.267 e. The molecule has 4 nitrogen and oxygen atoms in total. The average Bonchev–Trinajstić information content (AvgIpc) is 3.03. The van der Waals surface area contributed by atoms with Gasteiger partial charge in [0.15, 0.2) is 0 Å². The van der Waals surface area contributed by atoms with Crippen LogP contribution in [0.25, 0.3) is 11.1 Å². The summed E-state index contributed by atoms with van der Waals surface area (Å²) in [6.45, 7) is 0. The molecule has 0 aliphatic heterocycles. The Morgan fingerprint density at radius 2 is 1.59 bits per heavy atom. The highest BCUT2D eigenvalue weighted by Crippen LogP contribution is 2.36. The number of benzene rings is 3. The molecule has 0 atom stereocenters. The van der Waals surface area contributed by atoms with Gasteiger partial charge >= 0.3 is 0 Å². The van der Waals surface area contributed by atoms with E-state index in [-0.39, 0.29) is 5.56 Å². The predicted octanol–water partition coefficient (Wildman–Crippen LogP) is 4.23. The van der Waals surface area contributed by atoms with E-state index in [0.717, 1.165) is 17.5 Å². The maximum atomic E-state index is 13.1. The lowest BCUT2D eigenvalue weighted by molar-refractivity contribution is 0.0846. The number of fused-ring (bicyclic) bond motifs is 3. The Kier molecular flexibility index (Phi) is 4.49. The smallest absolute Gasteiger partial charge is 0.267 e. The van der Waals surface area contributed by atoms with Gasteiger partial charge in [-0.05, 0) is 74.9 Å². The average molecular weight is 425 g/mol. The zero-order chi connectivity index (χ0) is 19.0. The van der Waals surface area contributed by atoms with Crippen LogP contribution in [0.4, 0.5) is 4.39 Å². The molecule has 0 aromatic heterocycles. The minimum absolute atomic E-state index is 0.223. The SMILES string of the molecule is O=C(NNC(=O)c1ccc(F)cc1Br)c1ccc2c(c1)Cc1ccccc1-2. The molecule has 3 aromatic carbocycles. The summed E-state index contributed by atoms with van der Waals surface area (Å²) >= 11 is 3.13. The first-order valence-electron chi connectivity index (χ1n) is 8.30. The maximum absolute atomic E-state index is 13.1. The van der Waals surface area contributed by atoms with E-state index < -0.39 is 17.6 Å². The van der Waals surface area contributed by atoms with Gasteiger partial charge in [0.2, 0.25) is 0 Å². The van der Waals surface area contributed by atoms with Crippen molar-refractivity contribution in [3.8, 4) is 11.1 Å². The third kappa shape index (κ3) is 3.36. The van der Waals surface area contributed by atoms with Gasteiger partial charge in [0, 0.05) is 10.0 Å². The molecule has 0 spiro atoms. The lowest BCUT2D eigenvalue weighted by atomic mass is 10.0. The number of carbonyl (C=O) groups is 2. The Morgan fingerprint density at radius 3 is 2.41 bits per heavy atom. The van der Waals surface area contributed by atoms with Crippen LogP contribution in [0, 0.1) is 5.82 Å². The fraction of sp³-hybridized carbons (Fsp3) is 0.0476. The number of hydrogen-bond acceptors (Lipinski definition) is 2. The monoisotopic (exact) mass is 424 g/mol. The molecule has 1 aliphatic carbocycles. The van der Waals surface area contributed by atoms with Gasteiger partial charge in [-0.25, -0.2) is 4.39 Å². The van der Waals surface area contributed by atoms with Crippen LogP contribution in [0.1, 0.15) is 31.8 Å². The fourth-order valence-electron chi connectivity index (χ4n) is 3.21. The van der Waals surface area contributed by atoms with Gasteiger partial charge in [-0.2, -0.15) is 0 Å². The molecule has 0 heterocycles. The van der Waals surface area contributed by atoms with Crippen LogP contribution in [0.5, 0.6) is 0 Å². The Morgan fingerprint density at radius 1 is 0.852 bits per heavy atom. The second-order valence-electron chi connectivity index (χ2n) is 6.24. The molecule has 0 saturated carbocycles. The van der Waals surface area contributed by atoms with E-state index in [2.05, 4.69) is 38.9 Å². The van der Waals surface area contributed by atoms with Crippen LogP contribution < -0.4 is 10.9 Å². The Bertz CT molecular complexity index is 1080. The molecule has 3 aromatic rings. The van der Waals surface area contributed by atoms with Crippen LogP contribution in [-0.4, -0.2) is 11.8 Å². The van der Waals surface area contributed by atoms with Gasteiger partial charge < -0.3 is 0 Å². The lowest BCUT2D eigenvalue weighted by Crippen LogP contribution is -2.41. The van der Waals surface area contributed by atoms with E-state index >= 15 is 0 Å². The van der Waals surface area contributed by atoms with E-state index in [1.807, 2.05) is 24.3 Å². The summed E-state index contributed by atoms with van der Waals surface area (Å²) in [7, 11) is 0. The van der Waals surface area contributed by atoms with Gasteiger partial charge in [0.05, 0.1) is 5.56 Å². The van der Waals surface area contributed by atoms with Gasteiger partial charge in [-0.3, -0.25) is 20.4 Å². The first kappa shape index (κ1) is 17.4. The predicted molar refractivity (Wildman–Crippen MR) is 104 cm³/mol. The fourth-order valence-corrected chi connectivity index (χ4v) is 3.74. The van der Waals surface area contributed by atoms with Crippen LogP contribution in [0.2, 0.25) is 0 Å². The molecule has 0 saturated heterocycles. The number of carbonyl (C=O) groups excluding carboxylic acids is 2. The van der Waals surface area contributed by atoms with E-state index in [1.165, 1.54) is 29.3 Å². The zero-order valence-corrected chi connectivity index (χ0v) is 15.6. The minimum atomic E-state index is -0.538. The Hall–Kier alpha value is -2.99. The largest absolute Gasteiger partial charge is 0.270 e. The molecule has 0 fully saturated rings. The van der Waals surface area contributed by atoms with Crippen molar-refractivity contribution in [2.45, 2.75) is 6.42 Å². The number of rotatable bonds is 2. The van der Waals surface area contributed by atoms with Crippen LogP contribution >= 0.6 is 15.9 Å². The summed E-state index contributed by atoms with van der Waals surface area (Å²) in [5, 5.41) is 0. The number of halogens is 2. The molecule has 27 heavy (non-hydrogen) atoms. The Labute approximate surface area is 163 Å². The van der Waals surface area contributed by atoms with Crippen molar-refractivity contribution in [2.75, 3.05) is 0 Å². The van der Waals surface area contributed by atoms with Crippen molar-refractivity contribution < 1.29 is 14.0 Å². The Balaban J connectivity index is 1.46. The first-order valence-corrected chi connectivity index (χ1v) is 9.09. The lowest BCUT2D eigenvalue weighted by Gasteiger charge is -2.10. The highest BCUT2D eigenvalue weighted by molar-refractivity contribution is 9.10. The molecule has 4 rings (SSSR count). The normalized spacial score (nSPS) is 11.5. The molecule has 2 N–H and O–H groups in total. The third-order valence-corrected chi connectivity index (χ3v) is 5.18. The molecule has 6 heteroatoms. The number of amides is 2. The summed E-state index contributed by atoms with van der Waals surface area (Å²) in [6, 6.07) is 17.4. The van der Waals surface area contributed by atoms with Crippen LogP contribution in [-0.2, 0) is 6.42 Å². The zero-order valence-electron chi connectivity index (χ0n) is 14.1. The standard InChI is InChI=1S/C21H14BrFN2O2/c22-19-11-15(23)6-8-18(19)21(27)25-24-20(26)13-5-7-17-14(10-13)9-12-3-1-2-4-16(12)17/h1-8,10-11H,9H2,(H,24,26)(H,25,27). The van der Waals surface area contributed by atoms with Gasteiger partial charge in [-0.15, -0.1) is 0 Å². The second-order valence-corrected chi connectivity index (χ2v) is 7.09. The van der Waals surface area contributed by atoms with E-state index in [4.69, 9.17) is 0 Å². The molecule has 134 valence electrons. The van der Waals surface area contributed by atoms with E-state index in [0.29, 0.717) is 10.0 Å². The quantitative estimate of drug-likeness (QED) is 0.473.